The maximum atomic E-state index is 12.8. The van der Waals surface area contributed by atoms with Crippen LogP contribution < -0.4 is 10.5 Å². The molecule has 0 fully saturated rings. The van der Waals surface area contributed by atoms with Crippen molar-refractivity contribution in [3.63, 3.8) is 0 Å². The summed E-state index contributed by atoms with van der Waals surface area (Å²) in [6.45, 7) is 12.2. The summed E-state index contributed by atoms with van der Waals surface area (Å²) < 4.78 is 1.34. The molecule has 0 aliphatic rings. The number of anilines is 1. The molecule has 21 heavy (non-hydrogen) atoms. The Kier molecular flexibility index (Phi) is 5.25. The third-order valence-electron chi connectivity index (χ3n) is 3.76. The van der Waals surface area contributed by atoms with Gasteiger partial charge in [-0.1, -0.05) is 41.5 Å². The van der Waals surface area contributed by atoms with Crippen LogP contribution in [0.5, 0.6) is 0 Å². The molecule has 0 saturated heterocycles. The molecule has 118 valence electrons. The summed E-state index contributed by atoms with van der Waals surface area (Å²) in [6.07, 6.45) is 1.74. The van der Waals surface area contributed by atoms with Crippen molar-refractivity contribution in [2.75, 3.05) is 19.0 Å². The van der Waals surface area contributed by atoms with E-state index in [1.54, 1.807) is 11.1 Å². The molecular weight excluding hydrogens is 266 g/mol. The van der Waals surface area contributed by atoms with Crippen molar-refractivity contribution in [1.82, 2.24) is 14.9 Å². The SMILES string of the molecule is CC(C)C=Nn1c(N(C)C)nnc(C(C)(C)C(C)C)c1=O. The lowest BCUT2D eigenvalue weighted by Gasteiger charge is -2.28. The van der Waals surface area contributed by atoms with E-state index < -0.39 is 0 Å². The highest BCUT2D eigenvalue weighted by Gasteiger charge is 2.31. The van der Waals surface area contributed by atoms with Gasteiger partial charge in [0, 0.05) is 25.7 Å². The highest BCUT2D eigenvalue weighted by Crippen LogP contribution is 2.27. The quantitative estimate of drug-likeness (QED) is 0.780. The maximum Gasteiger partial charge on any atom is 0.298 e. The number of hydrogen-bond acceptors (Lipinski definition) is 5. The summed E-state index contributed by atoms with van der Waals surface area (Å²) in [7, 11) is 3.64. The van der Waals surface area contributed by atoms with Crippen LogP contribution in [0.4, 0.5) is 5.95 Å². The van der Waals surface area contributed by atoms with Gasteiger partial charge in [0.05, 0.1) is 0 Å². The second kappa shape index (κ2) is 6.37. The van der Waals surface area contributed by atoms with E-state index in [9.17, 15) is 4.79 Å². The maximum absolute atomic E-state index is 12.8. The Bertz CT molecular complexity index is 570. The predicted molar refractivity (Wildman–Crippen MR) is 87.2 cm³/mol. The highest BCUT2D eigenvalue weighted by molar-refractivity contribution is 5.59. The van der Waals surface area contributed by atoms with Crippen molar-refractivity contribution < 1.29 is 0 Å². The van der Waals surface area contributed by atoms with Crippen LogP contribution in [0.1, 0.15) is 47.2 Å². The molecule has 0 unspecified atom stereocenters. The van der Waals surface area contributed by atoms with Gasteiger partial charge in [-0.3, -0.25) is 4.79 Å². The number of rotatable bonds is 5. The minimum atomic E-state index is -0.357. The first-order chi connectivity index (χ1) is 9.59. The van der Waals surface area contributed by atoms with Crippen molar-refractivity contribution in [1.29, 1.82) is 0 Å². The van der Waals surface area contributed by atoms with Gasteiger partial charge < -0.3 is 4.90 Å². The summed E-state index contributed by atoms with van der Waals surface area (Å²) in [5.41, 5.74) is -0.113. The van der Waals surface area contributed by atoms with E-state index in [0.717, 1.165) is 0 Å². The fraction of sp³-hybridized carbons (Fsp3) is 0.733. The zero-order chi connectivity index (χ0) is 16.4. The molecule has 0 atom stereocenters. The smallest absolute Gasteiger partial charge is 0.298 e. The van der Waals surface area contributed by atoms with Crippen molar-refractivity contribution in [3.8, 4) is 0 Å². The van der Waals surface area contributed by atoms with E-state index >= 15 is 0 Å². The molecule has 0 N–H and O–H groups in total. The Labute approximate surface area is 126 Å². The largest absolute Gasteiger partial charge is 0.346 e. The van der Waals surface area contributed by atoms with E-state index in [4.69, 9.17) is 0 Å². The monoisotopic (exact) mass is 293 g/mol. The highest BCUT2D eigenvalue weighted by atomic mass is 16.1. The molecule has 1 aromatic heterocycles. The van der Waals surface area contributed by atoms with Crippen molar-refractivity contribution in [2.24, 2.45) is 16.9 Å². The van der Waals surface area contributed by atoms with Gasteiger partial charge in [0.25, 0.3) is 5.56 Å². The van der Waals surface area contributed by atoms with Gasteiger partial charge >= 0.3 is 0 Å². The Hall–Kier alpha value is -1.72. The lowest BCUT2D eigenvalue weighted by Crippen LogP contribution is -2.38. The minimum Gasteiger partial charge on any atom is -0.346 e. The average Bonchev–Trinajstić information content (AvgIpc) is 2.35. The molecule has 0 spiro atoms. The summed E-state index contributed by atoms with van der Waals surface area (Å²) in [5.74, 6) is 0.953. The number of aromatic nitrogens is 3. The first-order valence-electron chi connectivity index (χ1n) is 7.31. The molecule has 0 bridgehead atoms. The Morgan fingerprint density at radius 2 is 1.76 bits per heavy atom. The van der Waals surface area contributed by atoms with Crippen molar-refractivity contribution in [3.05, 3.63) is 16.0 Å². The van der Waals surface area contributed by atoms with Crippen molar-refractivity contribution >= 4 is 12.2 Å². The van der Waals surface area contributed by atoms with E-state index in [1.807, 2.05) is 41.8 Å². The van der Waals surface area contributed by atoms with Gasteiger partial charge in [0.1, 0.15) is 5.69 Å². The van der Waals surface area contributed by atoms with Crippen LogP contribution in [0.3, 0.4) is 0 Å². The van der Waals surface area contributed by atoms with E-state index in [0.29, 0.717) is 11.6 Å². The van der Waals surface area contributed by atoms with Crippen LogP contribution in [0.15, 0.2) is 9.90 Å². The first kappa shape index (κ1) is 17.3. The number of nitrogens with zero attached hydrogens (tertiary/aromatic N) is 5. The zero-order valence-corrected chi connectivity index (χ0v) is 14.4. The molecule has 1 aromatic rings. The Morgan fingerprint density at radius 3 is 2.19 bits per heavy atom. The second-order valence-corrected chi connectivity index (χ2v) is 6.74. The predicted octanol–water partition coefficient (Wildman–Crippen LogP) is 2.13. The normalized spacial score (nSPS) is 12.7. The van der Waals surface area contributed by atoms with E-state index in [2.05, 4.69) is 29.1 Å². The lowest BCUT2D eigenvalue weighted by molar-refractivity contribution is 0.351. The van der Waals surface area contributed by atoms with E-state index in [1.165, 1.54) is 4.68 Å². The fourth-order valence-electron chi connectivity index (χ4n) is 1.63. The molecular formula is C15H27N5O. The lowest BCUT2D eigenvalue weighted by atomic mass is 9.78. The fourth-order valence-corrected chi connectivity index (χ4v) is 1.63. The molecule has 6 nitrogen and oxygen atoms in total. The number of hydrogen-bond donors (Lipinski definition) is 0. The van der Waals surface area contributed by atoms with E-state index in [-0.39, 0.29) is 22.8 Å². The molecule has 0 amide bonds. The van der Waals surface area contributed by atoms with Crippen molar-refractivity contribution in [2.45, 2.75) is 47.0 Å². The molecule has 1 heterocycles. The summed E-state index contributed by atoms with van der Waals surface area (Å²) in [6, 6.07) is 0. The van der Waals surface area contributed by atoms with Crippen LogP contribution >= 0.6 is 0 Å². The molecule has 0 aliphatic heterocycles. The molecule has 0 radical (unpaired) electrons. The van der Waals surface area contributed by atoms with Gasteiger partial charge in [-0.15, -0.1) is 10.2 Å². The van der Waals surface area contributed by atoms with Gasteiger partial charge in [0.2, 0.25) is 5.95 Å². The standard InChI is InChI=1S/C15H27N5O/c1-10(2)9-16-20-13(21)12(15(5,6)11(3)4)17-18-14(20)19(7)8/h9-11H,1-8H3. The van der Waals surface area contributed by atoms with Gasteiger partial charge in [-0.2, -0.15) is 9.78 Å². The van der Waals surface area contributed by atoms with Crippen LogP contribution in [-0.2, 0) is 5.41 Å². The van der Waals surface area contributed by atoms with Crippen LogP contribution in [0.2, 0.25) is 0 Å². The molecule has 0 aromatic carbocycles. The topological polar surface area (TPSA) is 63.4 Å². The van der Waals surface area contributed by atoms with Crippen LogP contribution in [-0.4, -0.2) is 35.2 Å². The van der Waals surface area contributed by atoms with Gasteiger partial charge in [-0.25, -0.2) is 0 Å². The summed E-state index contributed by atoms with van der Waals surface area (Å²) in [4.78, 5) is 14.5. The molecule has 1 rings (SSSR count). The summed E-state index contributed by atoms with van der Waals surface area (Å²) in [5, 5.41) is 12.7. The Morgan fingerprint density at radius 1 is 1.19 bits per heavy atom. The van der Waals surface area contributed by atoms with Gasteiger partial charge in [-0.05, 0) is 11.8 Å². The van der Waals surface area contributed by atoms with Gasteiger partial charge in [0.15, 0.2) is 0 Å². The molecule has 0 aliphatic carbocycles. The Balaban J connectivity index is 3.55. The first-order valence-corrected chi connectivity index (χ1v) is 7.31. The zero-order valence-electron chi connectivity index (χ0n) is 14.4. The molecule has 6 heteroatoms. The minimum absolute atomic E-state index is 0.204. The third kappa shape index (κ3) is 3.68. The van der Waals surface area contributed by atoms with Crippen LogP contribution in [0.25, 0.3) is 0 Å². The summed E-state index contributed by atoms with van der Waals surface area (Å²) >= 11 is 0. The molecule has 0 saturated carbocycles. The van der Waals surface area contributed by atoms with Crippen LogP contribution in [0, 0.1) is 11.8 Å². The second-order valence-electron chi connectivity index (χ2n) is 6.74. The average molecular weight is 293 g/mol. The third-order valence-corrected chi connectivity index (χ3v) is 3.76.